The molecule has 162 valence electrons. The van der Waals surface area contributed by atoms with Crippen LogP contribution in [-0.2, 0) is 0 Å². The minimum Gasteiger partial charge on any atom is -0.502 e. The van der Waals surface area contributed by atoms with Crippen LogP contribution in [0.1, 0.15) is 27.7 Å². The van der Waals surface area contributed by atoms with Gasteiger partial charge in [0.2, 0.25) is 5.43 Å². The van der Waals surface area contributed by atoms with Crippen molar-refractivity contribution < 1.29 is 14.6 Å². The molecule has 7 nitrogen and oxygen atoms in total. The molecule has 32 heavy (non-hydrogen) atoms. The lowest BCUT2D eigenvalue weighted by Gasteiger charge is -2.43. The van der Waals surface area contributed by atoms with E-state index in [1.54, 1.807) is 15.6 Å². The van der Waals surface area contributed by atoms with Crippen molar-refractivity contribution in [1.29, 1.82) is 0 Å². The Kier molecular flexibility index (Phi) is 5.11. The van der Waals surface area contributed by atoms with Crippen LogP contribution in [0.5, 0.6) is 11.5 Å². The van der Waals surface area contributed by atoms with Crippen molar-refractivity contribution in [2.45, 2.75) is 6.04 Å². The molecule has 5 rings (SSSR count). The van der Waals surface area contributed by atoms with Crippen LogP contribution >= 0.6 is 11.6 Å². The first-order valence-electron chi connectivity index (χ1n) is 10.2. The molecule has 0 spiro atoms. The number of aromatic nitrogens is 1. The van der Waals surface area contributed by atoms with Gasteiger partial charge in [-0.05, 0) is 17.7 Å². The molecule has 1 N–H and O–H groups in total. The van der Waals surface area contributed by atoms with Crippen molar-refractivity contribution in [3.63, 3.8) is 0 Å². The van der Waals surface area contributed by atoms with E-state index in [1.807, 2.05) is 59.6 Å². The molecule has 1 unspecified atom stereocenters. The minimum absolute atomic E-state index is 0.0678. The van der Waals surface area contributed by atoms with Crippen molar-refractivity contribution >= 4 is 17.5 Å². The lowest BCUT2D eigenvalue weighted by Crippen LogP contribution is -2.55. The van der Waals surface area contributed by atoms with Gasteiger partial charge < -0.3 is 14.7 Å². The van der Waals surface area contributed by atoms with Crippen LogP contribution in [-0.4, -0.2) is 40.4 Å². The largest absolute Gasteiger partial charge is 0.502 e. The normalized spacial score (nSPS) is 18.8. The van der Waals surface area contributed by atoms with Crippen LogP contribution in [0.15, 0.2) is 77.7 Å². The number of carbonyl (C=O) groups is 1. The first-order chi connectivity index (χ1) is 15.6. The number of nitrogens with zero attached hydrogens (tertiary/aromatic N) is 3. The highest BCUT2D eigenvalue weighted by Gasteiger charge is 2.37. The van der Waals surface area contributed by atoms with Crippen molar-refractivity contribution in [3.8, 4) is 11.5 Å². The molecule has 8 heteroatoms. The van der Waals surface area contributed by atoms with E-state index < -0.39 is 23.1 Å². The van der Waals surface area contributed by atoms with Gasteiger partial charge in [0.1, 0.15) is 25.1 Å². The Bertz CT molecular complexity index is 1270. The molecule has 0 saturated heterocycles. The average molecular weight is 450 g/mol. The number of rotatable bonds is 1. The molecule has 0 radical (unpaired) electrons. The third kappa shape index (κ3) is 3.31. The summed E-state index contributed by atoms with van der Waals surface area (Å²) in [5, 5.41) is 12.9. The fraction of sp³-hybridized carbons (Fsp3) is 0.167. The number of benzene rings is 2. The quantitative estimate of drug-likeness (QED) is 0.577. The predicted molar refractivity (Wildman–Crippen MR) is 121 cm³/mol. The molecule has 1 aromatic heterocycles. The number of carbonyl (C=O) groups excluding carboxylic acids is 1. The highest BCUT2D eigenvalue weighted by atomic mass is 35.5. The molecular formula is C24H20ClN3O4. The summed E-state index contributed by atoms with van der Waals surface area (Å²) < 4.78 is 7.61. The fourth-order valence-corrected chi connectivity index (χ4v) is 4.41. The molecule has 2 aromatic carbocycles. The zero-order valence-electron chi connectivity index (χ0n) is 17.0. The summed E-state index contributed by atoms with van der Waals surface area (Å²) >= 11 is 6.54. The number of ether oxygens (including phenoxy) is 1. The smallest absolute Gasteiger partial charge is 0.278 e. The van der Waals surface area contributed by atoms with Gasteiger partial charge in [0.05, 0.1) is 5.02 Å². The Morgan fingerprint density at radius 3 is 2.62 bits per heavy atom. The Hall–Kier alpha value is -3.71. The van der Waals surface area contributed by atoms with Crippen LogP contribution in [0, 0.1) is 0 Å². The van der Waals surface area contributed by atoms with E-state index in [0.29, 0.717) is 17.3 Å². The molecule has 2 aliphatic rings. The Labute approximate surface area is 189 Å². The molecule has 0 saturated carbocycles. The number of hydrogen-bond acceptors (Lipinski definition) is 5. The van der Waals surface area contributed by atoms with Gasteiger partial charge in [-0.15, -0.1) is 0 Å². The second-order valence-electron chi connectivity index (χ2n) is 7.58. The van der Waals surface area contributed by atoms with Gasteiger partial charge in [-0.1, -0.05) is 60.1 Å². The molecule has 3 aromatic rings. The number of pyridine rings is 1. The summed E-state index contributed by atoms with van der Waals surface area (Å²) in [5.74, 6) is -0.440. The van der Waals surface area contributed by atoms with Gasteiger partial charge in [-0.2, -0.15) is 0 Å². The topological polar surface area (TPSA) is 75.0 Å². The summed E-state index contributed by atoms with van der Waals surface area (Å²) in [7, 11) is 0. The third-order valence-electron chi connectivity index (χ3n) is 5.66. The van der Waals surface area contributed by atoms with Crippen molar-refractivity contribution in [3.05, 3.63) is 105 Å². The monoisotopic (exact) mass is 449 g/mol. The van der Waals surface area contributed by atoms with Crippen molar-refractivity contribution in [2.24, 2.45) is 0 Å². The Morgan fingerprint density at radius 1 is 1.00 bits per heavy atom. The maximum Gasteiger partial charge on any atom is 0.278 e. The SMILES string of the molecule is O=C1c2c(O)c(=O)ccn2N2CN1C/C=C\COc1c(Cl)cccc1C2c1ccccc1. The van der Waals surface area contributed by atoms with Gasteiger partial charge in [-0.25, -0.2) is 0 Å². The van der Waals surface area contributed by atoms with Crippen molar-refractivity contribution in [1.82, 2.24) is 9.58 Å². The van der Waals surface area contributed by atoms with Crippen LogP contribution < -0.4 is 15.2 Å². The van der Waals surface area contributed by atoms with E-state index in [-0.39, 0.29) is 19.0 Å². The molecule has 0 fully saturated rings. The van der Waals surface area contributed by atoms with E-state index >= 15 is 0 Å². The summed E-state index contributed by atoms with van der Waals surface area (Å²) in [6, 6.07) is 16.2. The molecule has 0 aliphatic carbocycles. The summed E-state index contributed by atoms with van der Waals surface area (Å²) in [6.45, 7) is 0.813. The van der Waals surface area contributed by atoms with E-state index in [0.717, 1.165) is 11.1 Å². The zero-order chi connectivity index (χ0) is 22.2. The van der Waals surface area contributed by atoms with E-state index in [9.17, 15) is 14.7 Å². The molecule has 3 heterocycles. The highest BCUT2D eigenvalue weighted by Crippen LogP contribution is 2.40. The van der Waals surface area contributed by atoms with E-state index in [4.69, 9.17) is 16.3 Å². The fourth-order valence-electron chi connectivity index (χ4n) is 4.18. The summed E-state index contributed by atoms with van der Waals surface area (Å²) in [4.78, 5) is 26.9. The van der Waals surface area contributed by atoms with Crippen LogP contribution in [0.3, 0.4) is 0 Å². The number of halogens is 1. The maximum absolute atomic E-state index is 13.2. The van der Waals surface area contributed by atoms with Gasteiger partial charge in [0.15, 0.2) is 11.4 Å². The lowest BCUT2D eigenvalue weighted by atomic mass is 9.97. The van der Waals surface area contributed by atoms with Crippen LogP contribution in [0.25, 0.3) is 0 Å². The van der Waals surface area contributed by atoms with Crippen molar-refractivity contribution in [2.75, 3.05) is 24.8 Å². The van der Waals surface area contributed by atoms with E-state index in [2.05, 4.69) is 0 Å². The minimum atomic E-state index is -0.603. The molecule has 1 atom stereocenters. The Morgan fingerprint density at radius 2 is 1.81 bits per heavy atom. The average Bonchev–Trinajstić information content (AvgIpc) is 2.83. The zero-order valence-corrected chi connectivity index (χ0v) is 17.8. The van der Waals surface area contributed by atoms with Gasteiger partial charge in [0.25, 0.3) is 5.91 Å². The molecule has 2 aliphatic heterocycles. The first-order valence-corrected chi connectivity index (χ1v) is 10.6. The lowest BCUT2D eigenvalue weighted by molar-refractivity contribution is 0.0701. The Balaban J connectivity index is 1.82. The number of hydrogen-bond donors (Lipinski definition) is 1. The number of fused-ring (bicyclic) bond motifs is 5. The first kappa shape index (κ1) is 20.2. The van der Waals surface area contributed by atoms with Crippen LogP contribution in [0.4, 0.5) is 0 Å². The van der Waals surface area contributed by atoms with Gasteiger partial charge >= 0.3 is 0 Å². The van der Waals surface area contributed by atoms with Gasteiger partial charge in [0, 0.05) is 24.4 Å². The maximum atomic E-state index is 13.2. The van der Waals surface area contributed by atoms with Crippen LogP contribution in [0.2, 0.25) is 5.02 Å². The number of para-hydroxylation sites is 1. The third-order valence-corrected chi connectivity index (χ3v) is 5.96. The molecule has 2 bridgehead atoms. The second-order valence-corrected chi connectivity index (χ2v) is 7.99. The number of amides is 1. The predicted octanol–water partition coefficient (Wildman–Crippen LogP) is 3.30. The standard InChI is InChI=1S/C24H20ClN3O4/c25-18-10-6-9-17-20(16-7-2-1-3-8-16)28-15-26(12-4-5-14-32-23(17)18)24(31)21-22(30)19(29)11-13-27(21)28/h1-11,13,20,30H,12,14-15H2/b5-4-. The molecular weight excluding hydrogens is 430 g/mol. The summed E-state index contributed by atoms with van der Waals surface area (Å²) in [5.41, 5.74) is 1.07. The summed E-state index contributed by atoms with van der Waals surface area (Å²) in [6.07, 6.45) is 5.16. The molecule has 1 amide bonds. The van der Waals surface area contributed by atoms with Gasteiger partial charge in [-0.3, -0.25) is 19.3 Å². The van der Waals surface area contributed by atoms with E-state index in [1.165, 1.54) is 12.3 Å². The number of aromatic hydroxyl groups is 1. The highest BCUT2D eigenvalue weighted by molar-refractivity contribution is 6.32. The second kappa shape index (κ2) is 8.09.